The highest BCUT2D eigenvalue weighted by Crippen LogP contribution is 2.22. The lowest BCUT2D eigenvalue weighted by Gasteiger charge is -2.26. The number of morpholine rings is 1. The van der Waals surface area contributed by atoms with Gasteiger partial charge in [0.2, 0.25) is 0 Å². The third-order valence-corrected chi connectivity index (χ3v) is 4.15. The number of hydrogen-bond donors (Lipinski definition) is 1. The Morgan fingerprint density at radius 3 is 2.64 bits per heavy atom. The molecule has 0 unspecified atom stereocenters. The van der Waals surface area contributed by atoms with Crippen LogP contribution in [0, 0.1) is 0 Å². The molecular weight excluding hydrogens is 362 g/mol. The molecule has 8 nitrogen and oxygen atoms in total. The molecule has 148 valence electrons. The van der Waals surface area contributed by atoms with Crippen molar-refractivity contribution in [3.8, 4) is 5.75 Å². The molecule has 1 saturated heterocycles. The predicted octanol–water partition coefficient (Wildman–Crippen LogP) is 2.24. The van der Waals surface area contributed by atoms with Gasteiger partial charge in [0.15, 0.2) is 6.61 Å². The Balaban J connectivity index is 1.62. The molecule has 0 aliphatic carbocycles. The third kappa shape index (κ3) is 5.20. The van der Waals surface area contributed by atoms with E-state index in [4.69, 9.17) is 14.2 Å². The van der Waals surface area contributed by atoms with E-state index in [1.54, 1.807) is 23.2 Å². The number of carbonyl (C=O) groups is 2. The summed E-state index contributed by atoms with van der Waals surface area (Å²) in [6.07, 6.45) is 1.58. The SMILES string of the molecule is CCOc1ccc(Nc2ncccc2C(=O)OCC(=O)N2CCOCC2)cc1. The number of hydrogen-bond acceptors (Lipinski definition) is 7. The Labute approximate surface area is 163 Å². The first-order valence-corrected chi connectivity index (χ1v) is 9.15. The molecule has 0 saturated carbocycles. The Bertz CT molecular complexity index is 804. The number of aromatic nitrogens is 1. The van der Waals surface area contributed by atoms with E-state index in [2.05, 4.69) is 10.3 Å². The van der Waals surface area contributed by atoms with E-state index in [1.807, 2.05) is 31.2 Å². The molecule has 0 bridgehead atoms. The summed E-state index contributed by atoms with van der Waals surface area (Å²) in [5.41, 5.74) is 1.01. The lowest BCUT2D eigenvalue weighted by Crippen LogP contribution is -2.42. The first-order valence-electron chi connectivity index (χ1n) is 9.15. The van der Waals surface area contributed by atoms with Gasteiger partial charge in [0, 0.05) is 25.0 Å². The van der Waals surface area contributed by atoms with Crippen LogP contribution in [0.3, 0.4) is 0 Å². The number of nitrogens with zero attached hydrogens (tertiary/aromatic N) is 2. The zero-order valence-electron chi connectivity index (χ0n) is 15.7. The van der Waals surface area contributed by atoms with Crippen LogP contribution in [-0.4, -0.2) is 61.3 Å². The predicted molar refractivity (Wildman–Crippen MR) is 103 cm³/mol. The second kappa shape index (κ2) is 9.70. The molecular formula is C20H23N3O5. The minimum atomic E-state index is -0.608. The molecule has 0 atom stereocenters. The molecule has 0 spiro atoms. The number of anilines is 2. The van der Waals surface area contributed by atoms with Crippen molar-refractivity contribution in [2.24, 2.45) is 0 Å². The number of ether oxygens (including phenoxy) is 3. The zero-order valence-corrected chi connectivity index (χ0v) is 15.7. The van der Waals surface area contributed by atoms with E-state index in [0.717, 1.165) is 11.4 Å². The van der Waals surface area contributed by atoms with Crippen LogP contribution in [0.4, 0.5) is 11.5 Å². The smallest absolute Gasteiger partial charge is 0.342 e. The van der Waals surface area contributed by atoms with Crippen LogP contribution in [0.5, 0.6) is 5.75 Å². The summed E-state index contributed by atoms with van der Waals surface area (Å²) in [6, 6.07) is 10.6. The molecule has 28 heavy (non-hydrogen) atoms. The standard InChI is InChI=1S/C20H23N3O5/c1-2-27-16-7-5-15(6-8-16)22-19-17(4-3-9-21-19)20(25)28-14-18(24)23-10-12-26-13-11-23/h3-9H,2,10-14H2,1H3,(H,21,22). The number of amides is 1. The van der Waals surface area contributed by atoms with Crippen LogP contribution in [-0.2, 0) is 14.3 Å². The van der Waals surface area contributed by atoms with Crippen LogP contribution in [0.2, 0.25) is 0 Å². The van der Waals surface area contributed by atoms with Crippen LogP contribution in [0.15, 0.2) is 42.6 Å². The lowest BCUT2D eigenvalue weighted by atomic mass is 10.2. The molecule has 1 aromatic heterocycles. The topological polar surface area (TPSA) is 90.0 Å². The Morgan fingerprint density at radius 2 is 1.93 bits per heavy atom. The van der Waals surface area contributed by atoms with Gasteiger partial charge in [0.1, 0.15) is 17.1 Å². The summed E-state index contributed by atoms with van der Waals surface area (Å²) in [6.45, 7) is 4.21. The van der Waals surface area contributed by atoms with Crippen LogP contribution in [0.25, 0.3) is 0 Å². The number of rotatable bonds is 7. The molecule has 1 aromatic carbocycles. The summed E-state index contributed by atoms with van der Waals surface area (Å²) < 4.78 is 15.8. The number of nitrogens with one attached hydrogen (secondary N) is 1. The van der Waals surface area contributed by atoms with E-state index < -0.39 is 5.97 Å². The van der Waals surface area contributed by atoms with Crippen molar-refractivity contribution in [3.05, 3.63) is 48.2 Å². The largest absolute Gasteiger partial charge is 0.494 e. The van der Waals surface area contributed by atoms with Gasteiger partial charge in [0.25, 0.3) is 5.91 Å². The molecule has 1 amide bonds. The zero-order chi connectivity index (χ0) is 19.8. The summed E-state index contributed by atoms with van der Waals surface area (Å²) in [7, 11) is 0. The van der Waals surface area contributed by atoms with Gasteiger partial charge < -0.3 is 24.4 Å². The van der Waals surface area contributed by atoms with Gasteiger partial charge in [-0.15, -0.1) is 0 Å². The molecule has 1 fully saturated rings. The van der Waals surface area contributed by atoms with Crippen molar-refractivity contribution in [3.63, 3.8) is 0 Å². The Hall–Kier alpha value is -3.13. The first kappa shape index (κ1) is 19.6. The second-order valence-corrected chi connectivity index (χ2v) is 6.05. The quantitative estimate of drug-likeness (QED) is 0.731. The summed E-state index contributed by atoms with van der Waals surface area (Å²) >= 11 is 0. The molecule has 0 radical (unpaired) electrons. The third-order valence-electron chi connectivity index (χ3n) is 4.15. The average Bonchev–Trinajstić information content (AvgIpc) is 2.74. The Morgan fingerprint density at radius 1 is 1.18 bits per heavy atom. The Kier molecular flexibility index (Phi) is 6.80. The fraction of sp³-hybridized carbons (Fsp3) is 0.350. The van der Waals surface area contributed by atoms with Gasteiger partial charge >= 0.3 is 5.97 Å². The molecule has 2 aromatic rings. The van der Waals surface area contributed by atoms with E-state index in [9.17, 15) is 9.59 Å². The highest BCUT2D eigenvalue weighted by molar-refractivity contribution is 5.96. The summed E-state index contributed by atoms with van der Waals surface area (Å²) in [5.74, 6) is 0.274. The maximum Gasteiger partial charge on any atom is 0.342 e. The molecule has 1 aliphatic rings. The molecule has 2 heterocycles. The average molecular weight is 385 g/mol. The van der Waals surface area contributed by atoms with Gasteiger partial charge in [0.05, 0.1) is 19.8 Å². The van der Waals surface area contributed by atoms with Crippen molar-refractivity contribution in [2.75, 3.05) is 44.8 Å². The first-order chi connectivity index (χ1) is 13.7. The second-order valence-electron chi connectivity index (χ2n) is 6.05. The molecule has 1 N–H and O–H groups in total. The number of pyridine rings is 1. The highest BCUT2D eigenvalue weighted by atomic mass is 16.5. The van der Waals surface area contributed by atoms with Crippen molar-refractivity contribution >= 4 is 23.4 Å². The van der Waals surface area contributed by atoms with Crippen molar-refractivity contribution in [2.45, 2.75) is 6.92 Å². The normalized spacial score (nSPS) is 13.7. The minimum absolute atomic E-state index is 0.235. The minimum Gasteiger partial charge on any atom is -0.494 e. The maximum absolute atomic E-state index is 12.5. The number of benzene rings is 1. The van der Waals surface area contributed by atoms with Gasteiger partial charge in [-0.25, -0.2) is 9.78 Å². The summed E-state index contributed by atoms with van der Waals surface area (Å²) in [4.78, 5) is 30.4. The van der Waals surface area contributed by atoms with E-state index in [-0.39, 0.29) is 18.1 Å². The molecule has 1 aliphatic heterocycles. The van der Waals surface area contributed by atoms with Crippen LogP contribution >= 0.6 is 0 Å². The molecule has 8 heteroatoms. The van der Waals surface area contributed by atoms with Crippen molar-refractivity contribution in [1.82, 2.24) is 9.88 Å². The highest BCUT2D eigenvalue weighted by Gasteiger charge is 2.20. The van der Waals surface area contributed by atoms with Crippen molar-refractivity contribution < 1.29 is 23.8 Å². The number of esters is 1. The summed E-state index contributed by atoms with van der Waals surface area (Å²) in [5, 5.41) is 3.09. The fourth-order valence-corrected chi connectivity index (χ4v) is 2.72. The maximum atomic E-state index is 12.5. The lowest BCUT2D eigenvalue weighted by molar-refractivity contribution is -0.138. The van der Waals surface area contributed by atoms with Gasteiger partial charge in [-0.1, -0.05) is 0 Å². The van der Waals surface area contributed by atoms with Gasteiger partial charge in [-0.05, 0) is 43.3 Å². The molecule has 3 rings (SSSR count). The van der Waals surface area contributed by atoms with Crippen molar-refractivity contribution in [1.29, 1.82) is 0 Å². The fourth-order valence-electron chi connectivity index (χ4n) is 2.72. The van der Waals surface area contributed by atoms with Crippen LogP contribution < -0.4 is 10.1 Å². The van der Waals surface area contributed by atoms with E-state index in [0.29, 0.717) is 38.7 Å². The van der Waals surface area contributed by atoms with Crippen LogP contribution in [0.1, 0.15) is 17.3 Å². The van der Waals surface area contributed by atoms with Gasteiger partial charge in [-0.3, -0.25) is 4.79 Å². The monoisotopic (exact) mass is 385 g/mol. The van der Waals surface area contributed by atoms with Gasteiger partial charge in [-0.2, -0.15) is 0 Å². The number of carbonyl (C=O) groups excluding carboxylic acids is 2. The van der Waals surface area contributed by atoms with E-state index >= 15 is 0 Å². The van der Waals surface area contributed by atoms with E-state index in [1.165, 1.54) is 0 Å².